The average Bonchev–Trinajstić information content (AvgIpc) is 3.21. The molecule has 0 fully saturated rings. The Bertz CT molecular complexity index is 949. The van der Waals surface area contributed by atoms with Gasteiger partial charge in [0.2, 0.25) is 0 Å². The van der Waals surface area contributed by atoms with Crippen molar-refractivity contribution in [2.75, 3.05) is 0 Å². The topological polar surface area (TPSA) is 34.9 Å². The van der Waals surface area contributed by atoms with E-state index in [9.17, 15) is 4.79 Å². The number of halogens is 1. The first-order chi connectivity index (χ1) is 12.7. The predicted octanol–water partition coefficient (Wildman–Crippen LogP) is 6.56. The summed E-state index contributed by atoms with van der Waals surface area (Å²) in [5.74, 6) is 0.451. The van der Waals surface area contributed by atoms with Crippen molar-refractivity contribution < 1.29 is 4.79 Å². The molecule has 0 aliphatic heterocycles. The van der Waals surface area contributed by atoms with Crippen molar-refractivity contribution in [1.82, 2.24) is 9.55 Å². The number of hydrogen-bond acceptors (Lipinski definition) is 3. The molecule has 0 aliphatic carbocycles. The Hall–Kier alpha value is -1.72. The van der Waals surface area contributed by atoms with Gasteiger partial charge < -0.3 is 0 Å². The fourth-order valence-electron chi connectivity index (χ4n) is 3.20. The van der Waals surface area contributed by atoms with Crippen molar-refractivity contribution in [2.24, 2.45) is 5.92 Å². The van der Waals surface area contributed by atoms with E-state index in [-0.39, 0.29) is 11.3 Å². The molecule has 27 heavy (non-hydrogen) atoms. The molecule has 0 bridgehead atoms. The maximum Gasteiger partial charge on any atom is 0.262 e. The summed E-state index contributed by atoms with van der Waals surface area (Å²) in [6, 6.07) is 9.97. The molecule has 3 nitrogen and oxygen atoms in total. The van der Waals surface area contributed by atoms with Crippen LogP contribution in [0.3, 0.4) is 0 Å². The van der Waals surface area contributed by atoms with Gasteiger partial charge in [-0.05, 0) is 47.6 Å². The van der Waals surface area contributed by atoms with Crippen LogP contribution in [0.5, 0.6) is 0 Å². The van der Waals surface area contributed by atoms with Crippen molar-refractivity contribution >= 4 is 33.2 Å². The van der Waals surface area contributed by atoms with Gasteiger partial charge in [0.15, 0.2) is 0 Å². The number of benzene rings is 1. The molecule has 2 heterocycles. The van der Waals surface area contributed by atoms with Crippen LogP contribution in [0.2, 0.25) is 0 Å². The Morgan fingerprint density at radius 2 is 1.96 bits per heavy atom. The van der Waals surface area contributed by atoms with E-state index in [1.165, 1.54) is 5.56 Å². The number of aromatic nitrogens is 2. The van der Waals surface area contributed by atoms with Gasteiger partial charge in [0, 0.05) is 27.3 Å². The summed E-state index contributed by atoms with van der Waals surface area (Å²) < 4.78 is 2.80. The maximum atomic E-state index is 13.5. The molecule has 3 aromatic rings. The van der Waals surface area contributed by atoms with Crippen LogP contribution in [0.4, 0.5) is 0 Å². The van der Waals surface area contributed by atoms with Gasteiger partial charge in [0.1, 0.15) is 5.01 Å². The van der Waals surface area contributed by atoms with Crippen molar-refractivity contribution in [3.05, 3.63) is 63.2 Å². The Kier molecular flexibility index (Phi) is 5.73. The summed E-state index contributed by atoms with van der Waals surface area (Å²) in [5, 5.41) is 2.80. The van der Waals surface area contributed by atoms with E-state index in [1.807, 2.05) is 40.3 Å². The predicted molar refractivity (Wildman–Crippen MR) is 117 cm³/mol. The van der Waals surface area contributed by atoms with E-state index in [2.05, 4.69) is 55.5 Å². The number of hydrogen-bond donors (Lipinski definition) is 0. The van der Waals surface area contributed by atoms with Gasteiger partial charge in [0.05, 0.1) is 5.69 Å². The monoisotopic (exact) mass is 444 g/mol. The molecule has 0 atom stereocenters. The molecule has 1 aromatic carbocycles. The van der Waals surface area contributed by atoms with Crippen LogP contribution in [0.15, 0.2) is 46.4 Å². The molecule has 0 spiro atoms. The van der Waals surface area contributed by atoms with E-state index >= 15 is 0 Å². The zero-order valence-corrected chi connectivity index (χ0v) is 18.8. The highest BCUT2D eigenvalue weighted by Crippen LogP contribution is 2.32. The van der Waals surface area contributed by atoms with E-state index in [1.54, 1.807) is 17.5 Å². The molecule has 0 N–H and O–H groups in total. The molecular weight excluding hydrogens is 420 g/mol. The maximum absolute atomic E-state index is 13.5. The zero-order chi connectivity index (χ0) is 19.8. The molecule has 0 amide bonds. The number of rotatable bonds is 4. The molecule has 0 saturated heterocycles. The molecule has 2 aromatic heterocycles. The average molecular weight is 445 g/mol. The van der Waals surface area contributed by atoms with Crippen LogP contribution >= 0.6 is 27.3 Å². The molecule has 142 valence electrons. The smallest absolute Gasteiger partial charge is 0.262 e. The van der Waals surface area contributed by atoms with E-state index in [0.717, 1.165) is 27.3 Å². The summed E-state index contributed by atoms with van der Waals surface area (Å²) >= 11 is 5.21. The van der Waals surface area contributed by atoms with Gasteiger partial charge in [-0.2, -0.15) is 0 Å². The summed E-state index contributed by atoms with van der Waals surface area (Å²) in [4.78, 5) is 17.9. The number of thiazole rings is 1. The minimum Gasteiger partial charge on any atom is -0.278 e. The first-order valence-electron chi connectivity index (χ1n) is 9.13. The second-order valence-corrected chi connectivity index (χ2v) is 9.98. The lowest BCUT2D eigenvalue weighted by Gasteiger charge is -2.21. The highest BCUT2D eigenvalue weighted by molar-refractivity contribution is 9.10. The lowest BCUT2D eigenvalue weighted by Crippen LogP contribution is -2.18. The lowest BCUT2D eigenvalue weighted by atomic mass is 9.86. The van der Waals surface area contributed by atoms with Crippen molar-refractivity contribution in [3.63, 3.8) is 0 Å². The highest BCUT2D eigenvalue weighted by atomic mass is 79.9. The van der Waals surface area contributed by atoms with Gasteiger partial charge in [-0.3, -0.25) is 9.36 Å². The zero-order valence-electron chi connectivity index (χ0n) is 16.4. The fraction of sp³-hybridized carbons (Fsp3) is 0.364. The fourth-order valence-corrected chi connectivity index (χ4v) is 4.82. The quantitative estimate of drug-likeness (QED) is 0.456. The van der Waals surface area contributed by atoms with Gasteiger partial charge >= 0.3 is 0 Å². The van der Waals surface area contributed by atoms with Gasteiger partial charge in [-0.15, -0.1) is 11.3 Å². The number of nitrogens with zero attached hydrogens (tertiary/aromatic N) is 2. The molecule has 0 aliphatic rings. The Morgan fingerprint density at radius 3 is 2.52 bits per heavy atom. The highest BCUT2D eigenvalue weighted by Gasteiger charge is 2.22. The molecule has 5 heteroatoms. The van der Waals surface area contributed by atoms with Crippen molar-refractivity contribution in [3.8, 4) is 10.7 Å². The van der Waals surface area contributed by atoms with Crippen LogP contribution in [-0.4, -0.2) is 15.5 Å². The summed E-state index contributed by atoms with van der Waals surface area (Å²) in [5.41, 5.74) is 3.77. The third-order valence-electron chi connectivity index (χ3n) is 4.46. The second kappa shape index (κ2) is 7.72. The lowest BCUT2D eigenvalue weighted by molar-refractivity contribution is 0.0958. The van der Waals surface area contributed by atoms with Gasteiger partial charge in [-0.1, -0.05) is 56.6 Å². The first-order valence-corrected chi connectivity index (χ1v) is 10.8. The molecule has 0 unspecified atom stereocenters. The van der Waals surface area contributed by atoms with Gasteiger partial charge in [-0.25, -0.2) is 4.98 Å². The largest absolute Gasteiger partial charge is 0.278 e. The standard InChI is InChI=1S/C22H25BrN2OS/c1-14(2)12-16-7-9-19(20-24-10-11-27-20)25(16)21(26)15-6-8-17(18(23)13-15)22(3,4)5/h6-11,13-14H,12H2,1-5H3. The van der Waals surface area contributed by atoms with Crippen LogP contribution in [0, 0.1) is 5.92 Å². The minimum absolute atomic E-state index is 0.0120. The number of carbonyl (C=O) groups excluding carboxylic acids is 1. The summed E-state index contributed by atoms with van der Waals surface area (Å²) in [6.07, 6.45) is 2.62. The van der Waals surface area contributed by atoms with Gasteiger partial charge in [0.25, 0.3) is 5.91 Å². The molecule has 0 saturated carbocycles. The Labute approximate surface area is 173 Å². The third kappa shape index (κ3) is 4.25. The Balaban J connectivity index is 2.08. The van der Waals surface area contributed by atoms with E-state index in [0.29, 0.717) is 11.5 Å². The van der Waals surface area contributed by atoms with Crippen LogP contribution < -0.4 is 0 Å². The van der Waals surface area contributed by atoms with Crippen LogP contribution in [0.1, 0.15) is 56.2 Å². The summed E-state index contributed by atoms with van der Waals surface area (Å²) in [6.45, 7) is 10.8. The van der Waals surface area contributed by atoms with Crippen LogP contribution in [0.25, 0.3) is 10.7 Å². The summed E-state index contributed by atoms with van der Waals surface area (Å²) in [7, 11) is 0. The SMILES string of the molecule is CC(C)Cc1ccc(-c2nccs2)n1C(=O)c1ccc(C(C)(C)C)c(Br)c1. The normalized spacial score (nSPS) is 12.0. The minimum atomic E-state index is -0.0120. The Morgan fingerprint density at radius 1 is 1.22 bits per heavy atom. The molecular formula is C22H25BrN2OS. The van der Waals surface area contributed by atoms with Crippen LogP contribution in [-0.2, 0) is 11.8 Å². The first kappa shape index (κ1) is 20.0. The number of carbonyl (C=O) groups is 1. The second-order valence-electron chi connectivity index (χ2n) is 8.23. The molecule has 3 rings (SSSR count). The van der Waals surface area contributed by atoms with E-state index < -0.39 is 0 Å². The molecule has 0 radical (unpaired) electrons. The van der Waals surface area contributed by atoms with Crippen molar-refractivity contribution in [2.45, 2.75) is 46.5 Å². The van der Waals surface area contributed by atoms with E-state index in [4.69, 9.17) is 0 Å². The van der Waals surface area contributed by atoms with Crippen molar-refractivity contribution in [1.29, 1.82) is 0 Å². The third-order valence-corrected chi connectivity index (χ3v) is 5.91.